The highest BCUT2D eigenvalue weighted by molar-refractivity contribution is 5.55. The van der Waals surface area contributed by atoms with Gasteiger partial charge in [-0.2, -0.15) is 31.6 Å². The van der Waals surface area contributed by atoms with Crippen LogP contribution in [0.2, 0.25) is 0 Å². The van der Waals surface area contributed by atoms with E-state index in [2.05, 4.69) is 0 Å². The van der Waals surface area contributed by atoms with Crippen molar-refractivity contribution >= 4 is 5.69 Å². The van der Waals surface area contributed by atoms with Crippen LogP contribution in [-0.4, -0.2) is 19.3 Å². The molecule has 0 radical (unpaired) electrons. The summed E-state index contributed by atoms with van der Waals surface area (Å²) in [4.78, 5) is 0.873. The summed E-state index contributed by atoms with van der Waals surface area (Å²) in [5.41, 5.74) is 0.0374. The molecule has 0 N–H and O–H groups in total. The highest BCUT2D eigenvalue weighted by atomic mass is 19.4. The summed E-state index contributed by atoms with van der Waals surface area (Å²) >= 11 is 0. The van der Waals surface area contributed by atoms with Crippen molar-refractivity contribution in [3.05, 3.63) is 64.8 Å². The first kappa shape index (κ1) is 22.6. The number of hydrogen-bond acceptors (Lipinski definition) is 2. The summed E-state index contributed by atoms with van der Waals surface area (Å²) in [6, 6.07) is 4.07. The maximum absolute atomic E-state index is 13.2. The molecule has 0 fully saturated rings. The van der Waals surface area contributed by atoms with Crippen LogP contribution in [0.3, 0.4) is 0 Å². The lowest BCUT2D eigenvalue weighted by molar-refractivity contribution is -0.137. The molecule has 1 aromatic rings. The molecule has 1 aliphatic carbocycles. The Labute approximate surface area is 165 Å². The molecule has 1 aliphatic rings. The summed E-state index contributed by atoms with van der Waals surface area (Å²) < 4.78 is 78.5. The summed E-state index contributed by atoms with van der Waals surface area (Å²) in [6.07, 6.45) is -0.0592. The molecule has 0 heterocycles. The number of allylic oxidation sites excluding steroid dienone is 6. The standard InChI is InChI=1S/C21H20F6N2/c1-15-4-2-5-16(8-7-15)6-3-11-29(14-20(22,23)24)18-10-9-17(13-28)19(12-18)21(25,26)27/h2,5,7-10,12H,3-4,6,11,14H2,1H3. The second kappa shape index (κ2) is 9.21. The van der Waals surface area contributed by atoms with Crippen molar-refractivity contribution in [2.24, 2.45) is 0 Å². The minimum atomic E-state index is -4.83. The fourth-order valence-corrected chi connectivity index (χ4v) is 2.99. The van der Waals surface area contributed by atoms with Crippen molar-refractivity contribution in [2.75, 3.05) is 18.0 Å². The van der Waals surface area contributed by atoms with Crippen LogP contribution in [0.5, 0.6) is 0 Å². The van der Waals surface area contributed by atoms with E-state index in [-0.39, 0.29) is 12.2 Å². The zero-order valence-electron chi connectivity index (χ0n) is 15.7. The van der Waals surface area contributed by atoms with E-state index in [1.807, 2.05) is 31.2 Å². The molecule has 0 spiro atoms. The smallest absolute Gasteiger partial charge is 0.363 e. The highest BCUT2D eigenvalue weighted by Gasteiger charge is 2.35. The van der Waals surface area contributed by atoms with E-state index in [0.717, 1.165) is 34.6 Å². The topological polar surface area (TPSA) is 27.0 Å². The van der Waals surface area contributed by atoms with Gasteiger partial charge >= 0.3 is 12.4 Å². The number of rotatable bonds is 6. The molecule has 2 nitrogen and oxygen atoms in total. The van der Waals surface area contributed by atoms with Gasteiger partial charge in [-0.05, 0) is 50.0 Å². The monoisotopic (exact) mass is 414 g/mol. The fourth-order valence-electron chi connectivity index (χ4n) is 2.99. The number of nitrogens with zero attached hydrogens (tertiary/aromatic N) is 2. The first-order valence-electron chi connectivity index (χ1n) is 8.95. The first-order chi connectivity index (χ1) is 13.5. The number of hydrogen-bond donors (Lipinski definition) is 0. The number of benzene rings is 1. The molecular weight excluding hydrogens is 394 g/mol. The maximum atomic E-state index is 13.2. The van der Waals surface area contributed by atoms with Crippen LogP contribution >= 0.6 is 0 Å². The lowest BCUT2D eigenvalue weighted by atomic mass is 10.1. The zero-order valence-corrected chi connectivity index (χ0v) is 15.7. The fraction of sp³-hybridized carbons (Fsp3) is 0.381. The average Bonchev–Trinajstić information content (AvgIpc) is 2.83. The maximum Gasteiger partial charge on any atom is 0.417 e. The Bertz CT molecular complexity index is 853. The average molecular weight is 414 g/mol. The van der Waals surface area contributed by atoms with Crippen LogP contribution < -0.4 is 4.90 Å². The third-order valence-corrected chi connectivity index (χ3v) is 4.41. The van der Waals surface area contributed by atoms with Gasteiger partial charge in [0.1, 0.15) is 6.54 Å². The van der Waals surface area contributed by atoms with Crippen LogP contribution in [0, 0.1) is 11.3 Å². The van der Waals surface area contributed by atoms with E-state index in [0.29, 0.717) is 18.9 Å². The van der Waals surface area contributed by atoms with Crippen LogP contribution in [0.1, 0.15) is 37.3 Å². The molecule has 8 heteroatoms. The molecule has 0 amide bonds. The van der Waals surface area contributed by atoms with Crippen molar-refractivity contribution < 1.29 is 26.3 Å². The quantitative estimate of drug-likeness (QED) is 0.493. The molecule has 0 saturated heterocycles. The minimum Gasteiger partial charge on any atom is -0.363 e. The summed E-state index contributed by atoms with van der Waals surface area (Å²) in [5, 5.41) is 8.86. The SMILES string of the molecule is CC1=CC=C(CCCN(CC(F)(F)F)c2ccc(C#N)c(C(F)(F)F)c2)C=CC1. The molecule has 0 atom stereocenters. The van der Waals surface area contributed by atoms with Crippen molar-refractivity contribution in [1.82, 2.24) is 0 Å². The van der Waals surface area contributed by atoms with Gasteiger partial charge in [0.2, 0.25) is 0 Å². The van der Waals surface area contributed by atoms with E-state index in [4.69, 9.17) is 5.26 Å². The Kier molecular flexibility index (Phi) is 7.17. The zero-order chi connectivity index (χ0) is 21.7. The third-order valence-electron chi connectivity index (χ3n) is 4.41. The van der Waals surface area contributed by atoms with Crippen LogP contribution in [0.4, 0.5) is 32.0 Å². The number of halogens is 6. The van der Waals surface area contributed by atoms with Crippen LogP contribution in [-0.2, 0) is 6.18 Å². The Hall–Kier alpha value is -2.69. The Balaban J connectivity index is 2.22. The van der Waals surface area contributed by atoms with Gasteiger partial charge in [-0.1, -0.05) is 29.9 Å². The van der Waals surface area contributed by atoms with Gasteiger partial charge in [0.15, 0.2) is 0 Å². The van der Waals surface area contributed by atoms with Crippen molar-refractivity contribution in [3.8, 4) is 6.07 Å². The van der Waals surface area contributed by atoms with Crippen molar-refractivity contribution in [1.29, 1.82) is 5.26 Å². The third kappa shape index (κ3) is 7.00. The summed E-state index contributed by atoms with van der Waals surface area (Å²) in [6.45, 7) is 0.526. The van der Waals surface area contributed by atoms with E-state index in [1.165, 1.54) is 6.07 Å². The molecular formula is C21H20F6N2. The predicted octanol–water partition coefficient (Wildman–Crippen LogP) is 6.56. The normalized spacial score (nSPS) is 14.7. The van der Waals surface area contributed by atoms with E-state index in [1.54, 1.807) is 0 Å². The molecule has 29 heavy (non-hydrogen) atoms. The lowest BCUT2D eigenvalue weighted by Crippen LogP contribution is -2.35. The molecule has 0 bridgehead atoms. The highest BCUT2D eigenvalue weighted by Crippen LogP contribution is 2.35. The number of anilines is 1. The minimum absolute atomic E-state index is 0.0728. The van der Waals surface area contributed by atoms with Gasteiger partial charge in [-0.3, -0.25) is 0 Å². The van der Waals surface area contributed by atoms with E-state index < -0.39 is 30.0 Å². The number of nitriles is 1. The molecule has 156 valence electrons. The summed E-state index contributed by atoms with van der Waals surface area (Å²) in [7, 11) is 0. The van der Waals surface area contributed by atoms with Gasteiger partial charge in [0.05, 0.1) is 17.2 Å². The van der Waals surface area contributed by atoms with Crippen LogP contribution in [0.25, 0.3) is 0 Å². The van der Waals surface area contributed by atoms with Crippen molar-refractivity contribution in [2.45, 2.75) is 38.5 Å². The molecule has 0 saturated carbocycles. The predicted molar refractivity (Wildman–Crippen MR) is 99.3 cm³/mol. The first-order valence-corrected chi connectivity index (χ1v) is 8.95. The van der Waals surface area contributed by atoms with E-state index >= 15 is 0 Å². The van der Waals surface area contributed by atoms with Gasteiger partial charge < -0.3 is 4.90 Å². The van der Waals surface area contributed by atoms with Gasteiger partial charge in [0.25, 0.3) is 0 Å². The summed E-state index contributed by atoms with van der Waals surface area (Å²) in [5.74, 6) is 0. The second-order valence-corrected chi connectivity index (χ2v) is 6.84. The number of alkyl halides is 6. The van der Waals surface area contributed by atoms with Gasteiger partial charge in [-0.15, -0.1) is 0 Å². The van der Waals surface area contributed by atoms with Gasteiger partial charge in [-0.25, -0.2) is 0 Å². The molecule has 0 aliphatic heterocycles. The van der Waals surface area contributed by atoms with E-state index in [9.17, 15) is 26.3 Å². The van der Waals surface area contributed by atoms with Crippen molar-refractivity contribution in [3.63, 3.8) is 0 Å². The Morgan fingerprint density at radius 2 is 1.83 bits per heavy atom. The molecule has 1 aromatic carbocycles. The largest absolute Gasteiger partial charge is 0.417 e. The lowest BCUT2D eigenvalue weighted by Gasteiger charge is -2.27. The molecule has 0 unspecified atom stereocenters. The Morgan fingerprint density at radius 3 is 2.45 bits per heavy atom. The second-order valence-electron chi connectivity index (χ2n) is 6.84. The Morgan fingerprint density at radius 1 is 1.10 bits per heavy atom. The van der Waals surface area contributed by atoms with Gasteiger partial charge in [0, 0.05) is 12.2 Å². The molecule has 0 aromatic heterocycles. The molecule has 2 rings (SSSR count). The van der Waals surface area contributed by atoms with Crippen LogP contribution in [0.15, 0.2) is 53.6 Å².